The van der Waals surface area contributed by atoms with Crippen LogP contribution in [0.4, 0.5) is 5.69 Å². The monoisotopic (exact) mass is 451 g/mol. The molecule has 32 heavy (non-hydrogen) atoms. The van der Waals surface area contributed by atoms with Gasteiger partial charge in [-0.05, 0) is 30.3 Å². The van der Waals surface area contributed by atoms with Crippen LogP contribution in [0.5, 0.6) is 0 Å². The number of amides is 3. The van der Waals surface area contributed by atoms with Gasteiger partial charge in [-0.25, -0.2) is 4.79 Å². The van der Waals surface area contributed by atoms with Crippen molar-refractivity contribution in [2.75, 3.05) is 11.9 Å². The van der Waals surface area contributed by atoms with Crippen LogP contribution < -0.4 is 16.0 Å². The summed E-state index contributed by atoms with van der Waals surface area (Å²) in [6.07, 6.45) is -5.53. The summed E-state index contributed by atoms with van der Waals surface area (Å²) >= 11 is 0. The van der Waals surface area contributed by atoms with Gasteiger partial charge in [0.05, 0.1) is 6.04 Å². The molecule has 174 valence electrons. The zero-order chi connectivity index (χ0) is 24.0. The molecule has 0 bridgehead atoms. The minimum absolute atomic E-state index is 0.220. The highest BCUT2D eigenvalue weighted by molar-refractivity contribution is 5.95. The third kappa shape index (κ3) is 6.51. The van der Waals surface area contributed by atoms with E-state index in [1.807, 2.05) is 0 Å². The Hall–Kier alpha value is -3.48. The van der Waals surface area contributed by atoms with Crippen molar-refractivity contribution in [1.82, 2.24) is 10.6 Å². The van der Waals surface area contributed by atoms with E-state index in [2.05, 4.69) is 16.0 Å². The molecule has 1 heterocycles. The number of nitrogens with one attached hydrogen (secondary N) is 3. The van der Waals surface area contributed by atoms with Gasteiger partial charge in [-0.2, -0.15) is 0 Å². The van der Waals surface area contributed by atoms with Gasteiger partial charge >= 0.3 is 5.97 Å². The number of aliphatic hydroxyl groups excluding tert-OH is 3. The lowest BCUT2D eigenvalue weighted by Gasteiger charge is -2.38. The fraction of sp³-hybridized carbons (Fsp3) is 0.400. The molecule has 0 saturated heterocycles. The average molecular weight is 451 g/mol. The molecule has 5 atom stereocenters. The number of carbonyl (C=O) groups excluding carboxylic acids is 3. The first-order chi connectivity index (χ1) is 15.0. The van der Waals surface area contributed by atoms with Crippen molar-refractivity contribution in [2.45, 2.75) is 44.3 Å². The van der Waals surface area contributed by atoms with Crippen LogP contribution in [0.15, 0.2) is 36.1 Å². The molecule has 2 rings (SSSR count). The van der Waals surface area contributed by atoms with Crippen molar-refractivity contribution in [3.05, 3.63) is 41.7 Å². The molecule has 12 nitrogen and oxygen atoms in total. The summed E-state index contributed by atoms with van der Waals surface area (Å²) in [5.74, 6) is -3.59. The number of carboxylic acids is 1. The van der Waals surface area contributed by atoms with Crippen LogP contribution in [-0.2, 0) is 19.1 Å². The minimum atomic E-state index is -1.77. The molecule has 0 saturated carbocycles. The normalized spacial score (nSPS) is 21.9. The van der Waals surface area contributed by atoms with Crippen molar-refractivity contribution in [2.24, 2.45) is 0 Å². The number of carbonyl (C=O) groups is 4. The molecule has 1 aromatic rings. The Balaban J connectivity index is 2.04. The molecule has 0 spiro atoms. The Morgan fingerprint density at radius 1 is 1.06 bits per heavy atom. The van der Waals surface area contributed by atoms with Gasteiger partial charge in [-0.15, -0.1) is 0 Å². The van der Waals surface area contributed by atoms with Gasteiger partial charge in [-0.3, -0.25) is 14.4 Å². The van der Waals surface area contributed by atoms with E-state index in [9.17, 15) is 34.5 Å². The summed E-state index contributed by atoms with van der Waals surface area (Å²) in [5.41, 5.74) is 0.709. The first-order valence-corrected chi connectivity index (χ1v) is 9.58. The Labute approximate surface area is 182 Å². The molecule has 3 amide bonds. The molecule has 0 radical (unpaired) electrons. The molecule has 0 fully saturated rings. The van der Waals surface area contributed by atoms with Gasteiger partial charge in [0, 0.05) is 31.6 Å². The number of carboxylic acid groups (broad SMARTS) is 1. The van der Waals surface area contributed by atoms with Crippen molar-refractivity contribution in [1.29, 1.82) is 0 Å². The van der Waals surface area contributed by atoms with E-state index in [0.29, 0.717) is 5.69 Å². The smallest absolute Gasteiger partial charge is 0.370 e. The molecule has 1 aliphatic rings. The van der Waals surface area contributed by atoms with E-state index < -0.39 is 60.5 Å². The SMILES string of the molecule is CC(=O)Nc1ccc(C(=O)NC[C@@H](O)[C@@H](O)[C@@H]2OC(C(=O)O)=C[C@H](O)[C@H]2NC(C)=O)cc1. The Morgan fingerprint density at radius 3 is 2.22 bits per heavy atom. The molecule has 1 aliphatic heterocycles. The molecule has 1 aromatic carbocycles. The summed E-state index contributed by atoms with van der Waals surface area (Å²) in [6.45, 7) is 2.05. The van der Waals surface area contributed by atoms with Crippen LogP contribution in [0.1, 0.15) is 24.2 Å². The van der Waals surface area contributed by atoms with Crippen molar-refractivity contribution in [3.8, 4) is 0 Å². The molecule has 0 aromatic heterocycles. The standard InChI is InChI=1S/C20H25N3O9/c1-9(24)22-12-5-3-11(4-6-12)19(29)21-8-14(27)17(28)18-16(23-10(2)25)13(26)7-15(32-18)20(30)31/h3-7,13-14,16-18,26-28H,8H2,1-2H3,(H,21,29)(H,22,24)(H,23,25)(H,30,31)/t13-,14+,16+,17+,18+/m0/s1. The highest BCUT2D eigenvalue weighted by Crippen LogP contribution is 2.23. The summed E-state index contributed by atoms with van der Waals surface area (Å²) in [4.78, 5) is 45.9. The van der Waals surface area contributed by atoms with Crippen LogP contribution in [0.25, 0.3) is 0 Å². The van der Waals surface area contributed by atoms with Crippen LogP contribution in [0.2, 0.25) is 0 Å². The molecule has 12 heteroatoms. The summed E-state index contributed by atoms with van der Waals surface area (Å²) in [5, 5.41) is 47.4. The molecular formula is C20H25N3O9. The highest BCUT2D eigenvalue weighted by atomic mass is 16.5. The predicted octanol–water partition coefficient (Wildman–Crippen LogP) is -1.67. The lowest BCUT2D eigenvalue weighted by atomic mass is 9.93. The third-order valence-corrected chi connectivity index (χ3v) is 4.56. The first-order valence-electron chi connectivity index (χ1n) is 9.58. The fourth-order valence-electron chi connectivity index (χ4n) is 3.07. The van der Waals surface area contributed by atoms with Crippen LogP contribution in [-0.4, -0.2) is 81.1 Å². The zero-order valence-electron chi connectivity index (χ0n) is 17.3. The van der Waals surface area contributed by atoms with Crippen molar-refractivity contribution >= 4 is 29.4 Å². The molecule has 7 N–H and O–H groups in total. The van der Waals surface area contributed by atoms with Gasteiger partial charge < -0.3 is 41.1 Å². The van der Waals surface area contributed by atoms with Crippen LogP contribution >= 0.6 is 0 Å². The van der Waals surface area contributed by atoms with Gasteiger partial charge in [0.15, 0.2) is 6.10 Å². The van der Waals surface area contributed by atoms with E-state index in [1.165, 1.54) is 31.2 Å². The fourth-order valence-corrected chi connectivity index (χ4v) is 3.07. The van der Waals surface area contributed by atoms with E-state index in [1.54, 1.807) is 0 Å². The second kappa shape index (κ2) is 10.7. The highest BCUT2D eigenvalue weighted by Gasteiger charge is 2.43. The molecule has 0 aliphatic carbocycles. The Bertz CT molecular complexity index is 900. The van der Waals surface area contributed by atoms with Crippen LogP contribution in [0.3, 0.4) is 0 Å². The topological polar surface area (TPSA) is 195 Å². The van der Waals surface area contributed by atoms with Gasteiger partial charge in [0.25, 0.3) is 5.91 Å². The van der Waals surface area contributed by atoms with Crippen molar-refractivity contribution in [3.63, 3.8) is 0 Å². The maximum atomic E-state index is 12.3. The number of benzene rings is 1. The maximum absolute atomic E-state index is 12.3. The molecular weight excluding hydrogens is 426 g/mol. The van der Waals surface area contributed by atoms with Gasteiger partial charge in [0.2, 0.25) is 17.6 Å². The van der Waals surface area contributed by atoms with E-state index in [4.69, 9.17) is 9.84 Å². The number of hydrogen-bond donors (Lipinski definition) is 7. The Kier molecular flexibility index (Phi) is 8.29. The average Bonchev–Trinajstić information content (AvgIpc) is 2.72. The second-order valence-corrected chi connectivity index (χ2v) is 7.16. The number of anilines is 1. The number of aliphatic carboxylic acids is 1. The number of rotatable bonds is 8. The predicted molar refractivity (Wildman–Crippen MR) is 109 cm³/mol. The van der Waals surface area contributed by atoms with Crippen molar-refractivity contribution < 1.29 is 44.3 Å². The number of ether oxygens (including phenoxy) is 1. The first kappa shape index (κ1) is 24.8. The van der Waals surface area contributed by atoms with Crippen LogP contribution in [0, 0.1) is 0 Å². The summed E-state index contributed by atoms with van der Waals surface area (Å²) < 4.78 is 5.18. The molecule has 0 unspecified atom stereocenters. The van der Waals surface area contributed by atoms with E-state index >= 15 is 0 Å². The summed E-state index contributed by atoms with van der Waals surface area (Å²) in [7, 11) is 0. The Morgan fingerprint density at radius 2 is 1.69 bits per heavy atom. The van der Waals surface area contributed by atoms with Gasteiger partial charge in [-0.1, -0.05) is 0 Å². The second-order valence-electron chi connectivity index (χ2n) is 7.16. The lowest BCUT2D eigenvalue weighted by Crippen LogP contribution is -2.60. The number of aliphatic hydroxyl groups is 3. The zero-order valence-corrected chi connectivity index (χ0v) is 17.3. The van der Waals surface area contributed by atoms with Gasteiger partial charge in [0.1, 0.15) is 18.3 Å². The van der Waals surface area contributed by atoms with E-state index in [0.717, 1.165) is 13.0 Å². The van der Waals surface area contributed by atoms with E-state index in [-0.39, 0.29) is 11.5 Å². The largest absolute Gasteiger partial charge is 0.478 e. The lowest BCUT2D eigenvalue weighted by molar-refractivity contribution is -0.147. The summed E-state index contributed by atoms with van der Waals surface area (Å²) in [6, 6.07) is 4.67. The quantitative estimate of drug-likeness (QED) is 0.242. The maximum Gasteiger partial charge on any atom is 0.370 e. The number of hydrogen-bond acceptors (Lipinski definition) is 8. The minimum Gasteiger partial charge on any atom is -0.478 e. The third-order valence-electron chi connectivity index (χ3n) is 4.56.